The fourth-order valence-corrected chi connectivity index (χ4v) is 2.79. The van der Waals surface area contributed by atoms with E-state index in [1.54, 1.807) is 0 Å². The van der Waals surface area contributed by atoms with Gasteiger partial charge in [-0.2, -0.15) is 0 Å². The van der Waals surface area contributed by atoms with Gasteiger partial charge in [0.25, 0.3) is 0 Å². The van der Waals surface area contributed by atoms with Crippen molar-refractivity contribution in [2.75, 3.05) is 0 Å². The molecule has 0 saturated heterocycles. The van der Waals surface area contributed by atoms with Gasteiger partial charge in [-0.15, -0.1) is 0 Å². The molecule has 94 valence electrons. The van der Waals surface area contributed by atoms with E-state index in [1.807, 2.05) is 0 Å². The smallest absolute Gasteiger partial charge is 0.131 e. The van der Waals surface area contributed by atoms with Crippen LogP contribution in [0.5, 0.6) is 23.0 Å². The number of aromatic hydroxyl groups is 4. The molecule has 1 aliphatic rings. The predicted molar refractivity (Wildman–Crippen MR) is 67.2 cm³/mol. The summed E-state index contributed by atoms with van der Waals surface area (Å²) < 4.78 is 0. The number of phenolic OH excluding ortho intramolecular Hbond substituents is 4. The van der Waals surface area contributed by atoms with Gasteiger partial charge in [0.1, 0.15) is 23.0 Å². The Labute approximate surface area is 104 Å². The standard InChI is InChI=1S/C14H14O4/c15-9-5-6-10(16)12-11(9)13(17)7-3-1-2-4-8(7)14(12)18/h5-6,15-18H,1-4H2. The number of hydrogen-bond acceptors (Lipinski definition) is 4. The van der Waals surface area contributed by atoms with Gasteiger partial charge < -0.3 is 20.4 Å². The molecular formula is C14H14O4. The molecule has 0 bridgehead atoms. The first-order chi connectivity index (χ1) is 8.61. The largest absolute Gasteiger partial charge is 0.507 e. The molecule has 1 aliphatic carbocycles. The van der Waals surface area contributed by atoms with E-state index in [4.69, 9.17) is 0 Å². The molecule has 0 amide bonds. The zero-order valence-corrected chi connectivity index (χ0v) is 9.77. The topological polar surface area (TPSA) is 80.9 Å². The molecule has 4 N–H and O–H groups in total. The van der Waals surface area contributed by atoms with E-state index < -0.39 is 0 Å². The molecule has 3 rings (SSSR count). The molecule has 0 atom stereocenters. The molecule has 0 aromatic heterocycles. The van der Waals surface area contributed by atoms with E-state index in [9.17, 15) is 20.4 Å². The SMILES string of the molecule is Oc1ccc(O)c2c(O)c3c(c(O)c12)CCCC3. The average Bonchev–Trinajstić information content (AvgIpc) is 2.38. The Balaban J connectivity index is 2.52. The van der Waals surface area contributed by atoms with Crippen LogP contribution in [0.3, 0.4) is 0 Å². The van der Waals surface area contributed by atoms with E-state index in [0.29, 0.717) is 24.0 Å². The maximum absolute atomic E-state index is 10.2. The lowest BCUT2D eigenvalue weighted by Gasteiger charge is -2.21. The van der Waals surface area contributed by atoms with Crippen molar-refractivity contribution >= 4 is 10.8 Å². The molecule has 0 aliphatic heterocycles. The summed E-state index contributed by atoms with van der Waals surface area (Å²) in [5, 5.41) is 40.4. The quantitative estimate of drug-likeness (QED) is 0.538. The van der Waals surface area contributed by atoms with Gasteiger partial charge in [-0.05, 0) is 37.8 Å². The van der Waals surface area contributed by atoms with Crippen molar-refractivity contribution in [2.24, 2.45) is 0 Å². The zero-order chi connectivity index (χ0) is 12.9. The van der Waals surface area contributed by atoms with Gasteiger partial charge in [0.2, 0.25) is 0 Å². The average molecular weight is 246 g/mol. The van der Waals surface area contributed by atoms with Crippen molar-refractivity contribution in [3.8, 4) is 23.0 Å². The van der Waals surface area contributed by atoms with Crippen LogP contribution in [0.25, 0.3) is 10.8 Å². The fraction of sp³-hybridized carbons (Fsp3) is 0.286. The van der Waals surface area contributed by atoms with E-state index in [-0.39, 0.29) is 33.8 Å². The van der Waals surface area contributed by atoms with Crippen LogP contribution in [0.2, 0.25) is 0 Å². The number of hydrogen-bond donors (Lipinski definition) is 4. The van der Waals surface area contributed by atoms with Gasteiger partial charge in [-0.1, -0.05) is 0 Å². The summed E-state index contributed by atoms with van der Waals surface area (Å²) in [6, 6.07) is 2.62. The Hall–Kier alpha value is -2.10. The summed E-state index contributed by atoms with van der Waals surface area (Å²) >= 11 is 0. The lowest BCUT2D eigenvalue weighted by Crippen LogP contribution is -2.04. The lowest BCUT2D eigenvalue weighted by atomic mass is 9.87. The third-order valence-corrected chi connectivity index (χ3v) is 3.67. The summed E-state index contributed by atoms with van der Waals surface area (Å²) in [7, 11) is 0. The van der Waals surface area contributed by atoms with Crippen LogP contribution >= 0.6 is 0 Å². The summed E-state index contributed by atoms with van der Waals surface area (Å²) in [4.78, 5) is 0. The Morgan fingerprint density at radius 1 is 0.667 bits per heavy atom. The Morgan fingerprint density at radius 2 is 1.06 bits per heavy atom. The van der Waals surface area contributed by atoms with Crippen molar-refractivity contribution in [1.82, 2.24) is 0 Å². The Kier molecular flexibility index (Phi) is 2.26. The zero-order valence-electron chi connectivity index (χ0n) is 9.77. The third kappa shape index (κ3) is 1.32. The van der Waals surface area contributed by atoms with Crippen molar-refractivity contribution < 1.29 is 20.4 Å². The monoisotopic (exact) mass is 246 g/mol. The number of benzene rings is 2. The molecule has 0 heterocycles. The first-order valence-corrected chi connectivity index (χ1v) is 6.01. The number of fused-ring (bicyclic) bond motifs is 2. The van der Waals surface area contributed by atoms with E-state index in [2.05, 4.69) is 0 Å². The summed E-state index contributed by atoms with van der Waals surface area (Å²) in [6.07, 6.45) is 3.26. The highest BCUT2D eigenvalue weighted by atomic mass is 16.3. The second-order valence-electron chi connectivity index (χ2n) is 4.72. The van der Waals surface area contributed by atoms with Gasteiger partial charge in [0.15, 0.2) is 0 Å². The van der Waals surface area contributed by atoms with Crippen LogP contribution in [0.1, 0.15) is 24.0 Å². The molecule has 0 saturated carbocycles. The molecule has 2 aromatic carbocycles. The molecule has 18 heavy (non-hydrogen) atoms. The first-order valence-electron chi connectivity index (χ1n) is 6.01. The van der Waals surface area contributed by atoms with Crippen molar-refractivity contribution in [3.05, 3.63) is 23.3 Å². The number of phenols is 4. The van der Waals surface area contributed by atoms with E-state index in [0.717, 1.165) is 12.8 Å². The highest BCUT2D eigenvalue weighted by molar-refractivity contribution is 6.03. The van der Waals surface area contributed by atoms with Crippen LogP contribution in [-0.4, -0.2) is 20.4 Å². The molecule has 4 heteroatoms. The van der Waals surface area contributed by atoms with Gasteiger partial charge in [0.05, 0.1) is 10.8 Å². The minimum Gasteiger partial charge on any atom is -0.507 e. The van der Waals surface area contributed by atoms with Crippen LogP contribution < -0.4 is 0 Å². The van der Waals surface area contributed by atoms with Crippen molar-refractivity contribution in [1.29, 1.82) is 0 Å². The van der Waals surface area contributed by atoms with Crippen LogP contribution in [-0.2, 0) is 12.8 Å². The molecule has 4 nitrogen and oxygen atoms in total. The Morgan fingerprint density at radius 3 is 1.44 bits per heavy atom. The highest BCUT2D eigenvalue weighted by Gasteiger charge is 2.24. The lowest BCUT2D eigenvalue weighted by molar-refractivity contribution is 0.434. The van der Waals surface area contributed by atoms with Gasteiger partial charge in [0, 0.05) is 11.1 Å². The predicted octanol–water partition coefficient (Wildman–Crippen LogP) is 2.54. The van der Waals surface area contributed by atoms with Crippen LogP contribution in [0.4, 0.5) is 0 Å². The maximum atomic E-state index is 10.2. The normalized spacial score (nSPS) is 14.7. The maximum Gasteiger partial charge on any atom is 0.131 e. The second kappa shape index (κ2) is 3.70. The van der Waals surface area contributed by atoms with E-state index in [1.165, 1.54) is 12.1 Å². The van der Waals surface area contributed by atoms with Crippen molar-refractivity contribution in [2.45, 2.75) is 25.7 Å². The molecule has 0 unspecified atom stereocenters. The molecule has 0 spiro atoms. The third-order valence-electron chi connectivity index (χ3n) is 3.67. The van der Waals surface area contributed by atoms with E-state index >= 15 is 0 Å². The highest BCUT2D eigenvalue weighted by Crippen LogP contribution is 2.48. The summed E-state index contributed by atoms with van der Waals surface area (Å²) in [6.45, 7) is 0. The molecule has 0 fully saturated rings. The van der Waals surface area contributed by atoms with Gasteiger partial charge >= 0.3 is 0 Å². The van der Waals surface area contributed by atoms with Gasteiger partial charge in [-0.3, -0.25) is 0 Å². The molecule has 2 aromatic rings. The van der Waals surface area contributed by atoms with Crippen LogP contribution in [0.15, 0.2) is 12.1 Å². The molecular weight excluding hydrogens is 232 g/mol. The summed E-state index contributed by atoms with van der Waals surface area (Å²) in [5.74, 6) is -0.315. The second-order valence-corrected chi connectivity index (χ2v) is 4.72. The Bertz CT molecular complexity index is 590. The first kappa shape index (κ1) is 11.0. The van der Waals surface area contributed by atoms with Crippen LogP contribution in [0, 0.1) is 0 Å². The number of rotatable bonds is 0. The minimum atomic E-state index is -0.135. The minimum absolute atomic E-state index is 0.0223. The molecule has 0 radical (unpaired) electrons. The van der Waals surface area contributed by atoms with Gasteiger partial charge in [-0.25, -0.2) is 0 Å². The fourth-order valence-electron chi connectivity index (χ4n) is 2.79. The summed E-state index contributed by atoms with van der Waals surface area (Å²) in [5.41, 5.74) is 1.37. The van der Waals surface area contributed by atoms with Crippen molar-refractivity contribution in [3.63, 3.8) is 0 Å².